The third-order valence-electron chi connectivity index (χ3n) is 5.56. The molecule has 4 aromatic rings. The van der Waals surface area contributed by atoms with E-state index < -0.39 is 0 Å². The molecule has 8 heteroatoms. The number of benzene rings is 2. The Morgan fingerprint density at radius 3 is 2.74 bits per heavy atom. The third-order valence-corrected chi connectivity index (χ3v) is 5.89. The van der Waals surface area contributed by atoms with Gasteiger partial charge in [0.05, 0.1) is 11.2 Å². The minimum atomic E-state index is -0.260. The second-order valence-electron chi connectivity index (χ2n) is 7.65. The SMILES string of the molecule is Fc1cccc(CNc2ncc3nc(-c4ccccc4Cl)n(C4CCNCC4)c3n2)c1. The number of anilines is 1. The van der Waals surface area contributed by atoms with Crippen molar-refractivity contribution in [2.24, 2.45) is 0 Å². The van der Waals surface area contributed by atoms with Crippen LogP contribution in [0, 0.1) is 5.82 Å². The second-order valence-corrected chi connectivity index (χ2v) is 8.06. The van der Waals surface area contributed by atoms with Crippen LogP contribution in [0.25, 0.3) is 22.6 Å². The fourth-order valence-corrected chi connectivity index (χ4v) is 4.27. The summed E-state index contributed by atoms with van der Waals surface area (Å²) in [6, 6.07) is 14.5. The van der Waals surface area contributed by atoms with Gasteiger partial charge in [0, 0.05) is 18.2 Å². The lowest BCUT2D eigenvalue weighted by Gasteiger charge is -2.26. The Bertz CT molecular complexity index is 1220. The van der Waals surface area contributed by atoms with Crippen LogP contribution in [-0.2, 0) is 6.54 Å². The van der Waals surface area contributed by atoms with Crippen molar-refractivity contribution in [3.63, 3.8) is 0 Å². The number of fused-ring (bicyclic) bond motifs is 1. The molecule has 31 heavy (non-hydrogen) atoms. The topological polar surface area (TPSA) is 67.7 Å². The molecule has 2 aromatic carbocycles. The van der Waals surface area contributed by atoms with Crippen LogP contribution in [0.15, 0.2) is 54.7 Å². The van der Waals surface area contributed by atoms with Crippen molar-refractivity contribution in [2.75, 3.05) is 18.4 Å². The summed E-state index contributed by atoms with van der Waals surface area (Å²) in [6.07, 6.45) is 3.70. The lowest BCUT2D eigenvalue weighted by atomic mass is 10.1. The van der Waals surface area contributed by atoms with Crippen molar-refractivity contribution < 1.29 is 4.39 Å². The molecule has 0 spiro atoms. The maximum atomic E-state index is 13.5. The van der Waals surface area contributed by atoms with Gasteiger partial charge in [-0.25, -0.2) is 14.4 Å². The Labute approximate surface area is 184 Å². The van der Waals surface area contributed by atoms with Crippen molar-refractivity contribution in [1.82, 2.24) is 24.8 Å². The molecule has 5 rings (SSSR count). The number of nitrogens with zero attached hydrogens (tertiary/aromatic N) is 4. The summed E-state index contributed by atoms with van der Waals surface area (Å²) in [7, 11) is 0. The number of rotatable bonds is 5. The molecule has 0 saturated carbocycles. The van der Waals surface area contributed by atoms with E-state index in [1.165, 1.54) is 12.1 Å². The zero-order valence-corrected chi connectivity index (χ0v) is 17.6. The summed E-state index contributed by atoms with van der Waals surface area (Å²) < 4.78 is 15.7. The zero-order chi connectivity index (χ0) is 21.2. The van der Waals surface area contributed by atoms with Crippen LogP contribution in [0.5, 0.6) is 0 Å². The van der Waals surface area contributed by atoms with Gasteiger partial charge in [-0.3, -0.25) is 0 Å². The lowest BCUT2D eigenvalue weighted by Crippen LogP contribution is -2.29. The van der Waals surface area contributed by atoms with Gasteiger partial charge >= 0.3 is 0 Å². The van der Waals surface area contributed by atoms with Gasteiger partial charge in [-0.1, -0.05) is 35.9 Å². The number of aromatic nitrogens is 4. The molecule has 1 aliphatic heterocycles. The van der Waals surface area contributed by atoms with E-state index in [2.05, 4.69) is 20.2 Å². The molecule has 0 radical (unpaired) electrons. The van der Waals surface area contributed by atoms with Gasteiger partial charge < -0.3 is 15.2 Å². The Morgan fingerprint density at radius 1 is 1.10 bits per heavy atom. The first-order valence-electron chi connectivity index (χ1n) is 10.4. The highest BCUT2D eigenvalue weighted by Crippen LogP contribution is 2.34. The van der Waals surface area contributed by atoms with Crippen LogP contribution in [0.2, 0.25) is 5.02 Å². The zero-order valence-electron chi connectivity index (χ0n) is 16.9. The van der Waals surface area contributed by atoms with E-state index >= 15 is 0 Å². The summed E-state index contributed by atoms with van der Waals surface area (Å²) in [5.41, 5.74) is 3.21. The van der Waals surface area contributed by atoms with E-state index in [9.17, 15) is 4.39 Å². The first-order valence-corrected chi connectivity index (χ1v) is 10.8. The minimum absolute atomic E-state index is 0.260. The number of hydrogen-bond acceptors (Lipinski definition) is 5. The van der Waals surface area contributed by atoms with E-state index in [1.54, 1.807) is 12.3 Å². The normalized spacial score (nSPS) is 14.8. The van der Waals surface area contributed by atoms with E-state index in [-0.39, 0.29) is 11.9 Å². The smallest absolute Gasteiger partial charge is 0.225 e. The van der Waals surface area contributed by atoms with E-state index in [1.807, 2.05) is 30.3 Å². The molecule has 1 fully saturated rings. The number of hydrogen-bond donors (Lipinski definition) is 2. The highest BCUT2D eigenvalue weighted by atomic mass is 35.5. The summed E-state index contributed by atoms with van der Waals surface area (Å²) >= 11 is 6.51. The highest BCUT2D eigenvalue weighted by molar-refractivity contribution is 6.33. The molecule has 6 nitrogen and oxygen atoms in total. The standard InChI is InChI=1S/C23H22ClFN6/c24-19-7-2-1-6-18(19)21-29-20-14-28-23(27-13-15-4-3-5-16(25)12-15)30-22(20)31(21)17-8-10-26-11-9-17/h1-7,12,14,17,26H,8-11,13H2,(H,27,28,30). The van der Waals surface area contributed by atoms with Gasteiger partial charge in [0.15, 0.2) is 5.65 Å². The Morgan fingerprint density at radius 2 is 1.94 bits per heavy atom. The number of halogens is 2. The summed E-state index contributed by atoms with van der Waals surface area (Å²) in [5.74, 6) is 1.03. The maximum Gasteiger partial charge on any atom is 0.225 e. The van der Waals surface area contributed by atoms with Crippen LogP contribution in [0.1, 0.15) is 24.4 Å². The molecular weight excluding hydrogens is 415 g/mol. The van der Waals surface area contributed by atoms with Crippen molar-refractivity contribution in [3.8, 4) is 11.4 Å². The van der Waals surface area contributed by atoms with Gasteiger partial charge in [0.1, 0.15) is 17.2 Å². The van der Waals surface area contributed by atoms with Crippen LogP contribution in [0.3, 0.4) is 0 Å². The average Bonchev–Trinajstić information content (AvgIpc) is 3.17. The predicted molar refractivity (Wildman–Crippen MR) is 121 cm³/mol. The summed E-state index contributed by atoms with van der Waals surface area (Å²) in [4.78, 5) is 14.1. The summed E-state index contributed by atoms with van der Waals surface area (Å²) in [5, 5.41) is 7.27. The van der Waals surface area contributed by atoms with E-state index in [0.29, 0.717) is 17.5 Å². The van der Waals surface area contributed by atoms with Crippen molar-refractivity contribution in [1.29, 1.82) is 0 Å². The maximum absolute atomic E-state index is 13.5. The van der Waals surface area contributed by atoms with Gasteiger partial charge in [-0.05, 0) is 55.8 Å². The molecule has 0 atom stereocenters. The van der Waals surface area contributed by atoms with Crippen LogP contribution in [-0.4, -0.2) is 32.6 Å². The van der Waals surface area contributed by atoms with Crippen molar-refractivity contribution >= 4 is 28.7 Å². The Balaban J connectivity index is 1.55. The largest absolute Gasteiger partial charge is 0.350 e. The van der Waals surface area contributed by atoms with Crippen molar-refractivity contribution in [3.05, 3.63) is 71.1 Å². The lowest BCUT2D eigenvalue weighted by molar-refractivity contribution is 0.376. The Hall–Kier alpha value is -3.03. The molecule has 0 amide bonds. The quantitative estimate of drug-likeness (QED) is 0.469. The average molecular weight is 437 g/mol. The highest BCUT2D eigenvalue weighted by Gasteiger charge is 2.24. The first kappa shape index (κ1) is 19.9. The van der Waals surface area contributed by atoms with E-state index in [4.69, 9.17) is 21.6 Å². The number of imidazole rings is 1. The predicted octanol–water partition coefficient (Wildman–Crippen LogP) is 4.82. The molecule has 2 N–H and O–H groups in total. The first-order chi connectivity index (χ1) is 15.2. The molecule has 158 valence electrons. The molecule has 1 saturated heterocycles. The van der Waals surface area contributed by atoms with Gasteiger partial charge in [-0.15, -0.1) is 0 Å². The third kappa shape index (κ3) is 4.11. The molecule has 0 unspecified atom stereocenters. The molecule has 2 aromatic heterocycles. The molecule has 0 aliphatic carbocycles. The van der Waals surface area contributed by atoms with E-state index in [0.717, 1.165) is 54.0 Å². The van der Waals surface area contributed by atoms with Gasteiger partial charge in [0.2, 0.25) is 5.95 Å². The summed E-state index contributed by atoms with van der Waals surface area (Å²) in [6.45, 7) is 2.33. The van der Waals surface area contributed by atoms with Crippen LogP contribution < -0.4 is 10.6 Å². The second kappa shape index (κ2) is 8.61. The molecule has 3 heterocycles. The number of nitrogens with one attached hydrogen (secondary N) is 2. The molecular formula is C23H22ClFN6. The van der Waals surface area contributed by atoms with Crippen LogP contribution in [0.4, 0.5) is 10.3 Å². The molecule has 1 aliphatic rings. The monoisotopic (exact) mass is 436 g/mol. The molecule has 0 bridgehead atoms. The fourth-order valence-electron chi connectivity index (χ4n) is 4.05. The minimum Gasteiger partial charge on any atom is -0.350 e. The van der Waals surface area contributed by atoms with Crippen molar-refractivity contribution in [2.45, 2.75) is 25.4 Å². The van der Waals surface area contributed by atoms with Gasteiger partial charge in [-0.2, -0.15) is 4.98 Å². The number of piperidine rings is 1. The Kier molecular flexibility index (Phi) is 5.53. The van der Waals surface area contributed by atoms with Gasteiger partial charge in [0.25, 0.3) is 0 Å². The van der Waals surface area contributed by atoms with Crippen LogP contribution >= 0.6 is 11.6 Å². The fraction of sp³-hybridized carbons (Fsp3) is 0.261.